The third-order valence-electron chi connectivity index (χ3n) is 4.11. The minimum Gasteiger partial charge on any atom is -0.479 e. The molecule has 2 aromatic rings. The second-order valence-electron chi connectivity index (χ2n) is 5.95. The maximum Gasteiger partial charge on any atom is 0.332 e. The summed E-state index contributed by atoms with van der Waals surface area (Å²) in [4.78, 5) is 28.7. The first kappa shape index (κ1) is 17.6. The average Bonchev–Trinajstić information content (AvgIpc) is 3.23. The zero-order valence-electron chi connectivity index (χ0n) is 13.9. The molecule has 1 aliphatic heterocycles. The van der Waals surface area contributed by atoms with Gasteiger partial charge in [-0.15, -0.1) is 11.3 Å². The molecule has 2 N–H and O–H groups in total. The molecule has 1 saturated heterocycles. The number of nitrogens with one attached hydrogen (secondary N) is 1. The Bertz CT molecular complexity index is 760. The lowest BCUT2D eigenvalue weighted by atomic mass is 10.1. The van der Waals surface area contributed by atoms with Gasteiger partial charge in [-0.05, 0) is 19.8 Å². The highest BCUT2D eigenvalue weighted by atomic mass is 32.1. The lowest BCUT2D eigenvalue weighted by molar-refractivity contribution is -0.151. The van der Waals surface area contributed by atoms with Crippen LogP contribution in [0.3, 0.4) is 0 Å². The Labute approximate surface area is 149 Å². The van der Waals surface area contributed by atoms with Gasteiger partial charge in [0.1, 0.15) is 6.10 Å². The predicted octanol–water partition coefficient (Wildman–Crippen LogP) is 2.41. The highest BCUT2D eigenvalue weighted by molar-refractivity contribution is 7.12. The molecule has 7 heteroatoms. The van der Waals surface area contributed by atoms with Crippen LogP contribution >= 0.6 is 11.3 Å². The van der Waals surface area contributed by atoms with E-state index in [1.54, 1.807) is 11.3 Å². The van der Waals surface area contributed by atoms with Gasteiger partial charge in [0.2, 0.25) is 5.91 Å². The van der Waals surface area contributed by atoms with Crippen LogP contribution in [0, 0.1) is 6.92 Å². The molecule has 0 radical (unpaired) electrons. The number of ether oxygens (including phenoxy) is 1. The van der Waals surface area contributed by atoms with E-state index in [1.807, 2.05) is 37.3 Å². The molecule has 2 heterocycles. The lowest BCUT2D eigenvalue weighted by Crippen LogP contribution is -2.36. The molecule has 0 bridgehead atoms. The molecule has 0 aliphatic carbocycles. The highest BCUT2D eigenvalue weighted by Gasteiger charge is 2.34. The van der Waals surface area contributed by atoms with Gasteiger partial charge in [0, 0.05) is 23.4 Å². The van der Waals surface area contributed by atoms with Gasteiger partial charge in [-0.2, -0.15) is 0 Å². The zero-order valence-corrected chi connectivity index (χ0v) is 14.7. The number of benzene rings is 1. The Morgan fingerprint density at radius 3 is 2.68 bits per heavy atom. The molecular weight excluding hydrogens is 340 g/mol. The zero-order chi connectivity index (χ0) is 17.8. The number of hydrogen-bond donors (Lipinski definition) is 2. The fraction of sp³-hybridized carbons (Fsp3) is 0.389. The van der Waals surface area contributed by atoms with Crippen LogP contribution in [0.4, 0.5) is 0 Å². The summed E-state index contributed by atoms with van der Waals surface area (Å²) in [5.41, 5.74) is 2.07. The van der Waals surface area contributed by atoms with Gasteiger partial charge in [-0.3, -0.25) is 4.79 Å². The summed E-state index contributed by atoms with van der Waals surface area (Å²) in [6, 6.07) is 10.0. The number of aliphatic carboxylic acids is 1. The predicted molar refractivity (Wildman–Crippen MR) is 94.5 cm³/mol. The summed E-state index contributed by atoms with van der Waals surface area (Å²) in [6.07, 6.45) is -0.0828. The first-order chi connectivity index (χ1) is 12.0. The van der Waals surface area contributed by atoms with Gasteiger partial charge in [-0.25, -0.2) is 9.78 Å². The molecule has 0 unspecified atom stereocenters. The van der Waals surface area contributed by atoms with Crippen molar-refractivity contribution in [2.24, 2.45) is 0 Å². The van der Waals surface area contributed by atoms with E-state index in [9.17, 15) is 9.59 Å². The van der Waals surface area contributed by atoms with E-state index < -0.39 is 18.2 Å². The fourth-order valence-electron chi connectivity index (χ4n) is 2.84. The third kappa shape index (κ3) is 4.24. The SMILES string of the molecule is Cc1sc(CCNC(=O)[C@@H]2CC[C@H](C(=O)O)O2)nc1-c1ccccc1. The number of carbonyl (C=O) groups is 2. The van der Waals surface area contributed by atoms with Gasteiger partial charge in [0.15, 0.2) is 6.10 Å². The highest BCUT2D eigenvalue weighted by Crippen LogP contribution is 2.27. The number of rotatable bonds is 6. The molecule has 6 nitrogen and oxygen atoms in total. The van der Waals surface area contributed by atoms with Gasteiger partial charge >= 0.3 is 5.97 Å². The summed E-state index contributed by atoms with van der Waals surface area (Å²) in [7, 11) is 0. The van der Waals surface area contributed by atoms with Gasteiger partial charge in [0.25, 0.3) is 0 Å². The maximum atomic E-state index is 12.1. The van der Waals surface area contributed by atoms with E-state index in [2.05, 4.69) is 10.3 Å². The monoisotopic (exact) mass is 360 g/mol. The van der Waals surface area contributed by atoms with Crippen LogP contribution in [0.2, 0.25) is 0 Å². The van der Waals surface area contributed by atoms with Crippen molar-refractivity contribution in [1.29, 1.82) is 0 Å². The molecule has 25 heavy (non-hydrogen) atoms. The van der Waals surface area contributed by atoms with E-state index in [1.165, 1.54) is 0 Å². The molecular formula is C18H20N2O4S. The lowest BCUT2D eigenvalue weighted by Gasteiger charge is -2.11. The van der Waals surface area contributed by atoms with Crippen molar-refractivity contribution in [2.45, 2.75) is 38.4 Å². The van der Waals surface area contributed by atoms with Crippen molar-refractivity contribution < 1.29 is 19.4 Å². The molecule has 132 valence electrons. The van der Waals surface area contributed by atoms with Crippen LogP contribution in [0.5, 0.6) is 0 Å². The number of carboxylic acids is 1. The second kappa shape index (κ2) is 7.76. The molecule has 0 spiro atoms. The Balaban J connectivity index is 1.51. The molecule has 1 fully saturated rings. The van der Waals surface area contributed by atoms with Crippen LogP contribution in [0.1, 0.15) is 22.7 Å². The summed E-state index contributed by atoms with van der Waals surface area (Å²) < 4.78 is 5.24. The van der Waals surface area contributed by atoms with Crippen LogP contribution in [-0.2, 0) is 20.7 Å². The third-order valence-corrected chi connectivity index (χ3v) is 5.14. The quantitative estimate of drug-likeness (QED) is 0.826. The summed E-state index contributed by atoms with van der Waals surface area (Å²) in [5, 5.41) is 12.7. The molecule has 2 atom stereocenters. The number of hydrogen-bond acceptors (Lipinski definition) is 5. The van der Waals surface area contributed by atoms with Crippen LogP contribution in [0.25, 0.3) is 11.3 Å². The number of amides is 1. The van der Waals surface area contributed by atoms with Crippen LogP contribution in [-0.4, -0.2) is 40.7 Å². The molecule has 1 aromatic carbocycles. The van der Waals surface area contributed by atoms with E-state index in [-0.39, 0.29) is 5.91 Å². The van der Waals surface area contributed by atoms with Crippen molar-refractivity contribution >= 4 is 23.2 Å². The normalized spacial score (nSPS) is 19.7. The standard InChI is InChI=1S/C18H20N2O4S/c1-11-16(12-5-3-2-4-6-12)20-15(25-11)9-10-19-17(21)13-7-8-14(24-13)18(22)23/h2-6,13-14H,7-10H2,1H3,(H,19,21)(H,22,23)/t13-,14+/m0/s1. The van der Waals surface area contributed by atoms with Crippen LogP contribution < -0.4 is 5.32 Å². The summed E-state index contributed by atoms with van der Waals surface area (Å²) in [5.74, 6) is -1.26. The molecule has 1 amide bonds. The Morgan fingerprint density at radius 2 is 2.00 bits per heavy atom. The Hall–Kier alpha value is -2.25. The average molecular weight is 360 g/mol. The number of aromatic nitrogens is 1. The van der Waals surface area contributed by atoms with Crippen molar-refractivity contribution in [3.05, 3.63) is 40.2 Å². The van der Waals surface area contributed by atoms with Gasteiger partial charge in [0.05, 0.1) is 10.7 Å². The minimum absolute atomic E-state index is 0.250. The first-order valence-electron chi connectivity index (χ1n) is 8.22. The molecule has 1 aromatic heterocycles. The van der Waals surface area contributed by atoms with E-state index in [0.29, 0.717) is 25.8 Å². The van der Waals surface area contributed by atoms with Crippen molar-refractivity contribution in [1.82, 2.24) is 10.3 Å². The second-order valence-corrected chi connectivity index (χ2v) is 7.24. The topological polar surface area (TPSA) is 88.5 Å². The van der Waals surface area contributed by atoms with Gasteiger partial charge in [-0.1, -0.05) is 30.3 Å². The number of carboxylic acid groups (broad SMARTS) is 1. The first-order valence-corrected chi connectivity index (χ1v) is 9.04. The Morgan fingerprint density at radius 1 is 1.28 bits per heavy atom. The van der Waals surface area contributed by atoms with Crippen molar-refractivity contribution in [2.75, 3.05) is 6.54 Å². The summed E-state index contributed by atoms with van der Waals surface area (Å²) >= 11 is 1.63. The molecule has 3 rings (SSSR count). The van der Waals surface area contributed by atoms with Crippen molar-refractivity contribution in [3.8, 4) is 11.3 Å². The Kier molecular flexibility index (Phi) is 5.45. The van der Waals surface area contributed by atoms with Crippen LogP contribution in [0.15, 0.2) is 30.3 Å². The molecule has 0 saturated carbocycles. The number of nitrogens with zero attached hydrogens (tertiary/aromatic N) is 1. The number of thiazole rings is 1. The van der Waals surface area contributed by atoms with Crippen molar-refractivity contribution in [3.63, 3.8) is 0 Å². The summed E-state index contributed by atoms with van der Waals surface area (Å²) in [6.45, 7) is 2.50. The number of aryl methyl sites for hydroxylation is 1. The van der Waals surface area contributed by atoms with E-state index in [4.69, 9.17) is 9.84 Å². The smallest absolute Gasteiger partial charge is 0.332 e. The molecule has 1 aliphatic rings. The van der Waals surface area contributed by atoms with E-state index >= 15 is 0 Å². The maximum absolute atomic E-state index is 12.1. The largest absolute Gasteiger partial charge is 0.479 e. The minimum atomic E-state index is -1.01. The fourth-order valence-corrected chi connectivity index (χ4v) is 3.79. The van der Waals surface area contributed by atoms with Gasteiger partial charge < -0.3 is 15.2 Å². The van der Waals surface area contributed by atoms with E-state index in [0.717, 1.165) is 21.1 Å². The number of carbonyl (C=O) groups excluding carboxylic acids is 1.